The molecular weight excluding hydrogens is 185 g/mol. The van der Waals surface area contributed by atoms with Crippen molar-refractivity contribution >= 4 is 6.29 Å². The summed E-state index contributed by atoms with van der Waals surface area (Å²) in [6, 6.07) is 0. The van der Waals surface area contributed by atoms with Crippen molar-refractivity contribution < 1.29 is 18.0 Å². The highest BCUT2D eigenvalue weighted by molar-refractivity contribution is 5.74. The number of alkyl halides is 3. The minimum Gasteiger partial charge on any atom is -0.289 e. The van der Waals surface area contributed by atoms with Gasteiger partial charge in [-0.1, -0.05) is 5.92 Å². The Bertz CT molecular complexity index is 369. The predicted molar refractivity (Wildman–Crippen MR) is 36.5 cm³/mol. The van der Waals surface area contributed by atoms with Gasteiger partial charge in [-0.3, -0.25) is 9.89 Å². The largest absolute Gasteiger partial charge is 0.434 e. The second-order valence-corrected chi connectivity index (χ2v) is 2.04. The van der Waals surface area contributed by atoms with Crippen molar-refractivity contribution in [3.63, 3.8) is 0 Å². The van der Waals surface area contributed by atoms with Crippen LogP contribution in [-0.4, -0.2) is 16.5 Å². The molecule has 0 bridgehead atoms. The fourth-order valence-electron chi connectivity index (χ4n) is 0.704. The summed E-state index contributed by atoms with van der Waals surface area (Å²) in [6.07, 6.45) is -3.39. The molecule has 0 aliphatic rings. The fourth-order valence-corrected chi connectivity index (χ4v) is 0.704. The van der Waals surface area contributed by atoms with Gasteiger partial charge < -0.3 is 0 Å². The normalized spacial score (nSPS) is 10.4. The first-order valence-corrected chi connectivity index (χ1v) is 3.11. The van der Waals surface area contributed by atoms with Gasteiger partial charge in [0.1, 0.15) is 0 Å². The maximum Gasteiger partial charge on any atom is 0.434 e. The summed E-state index contributed by atoms with van der Waals surface area (Å²) in [5, 5.41) is 4.94. The summed E-state index contributed by atoms with van der Waals surface area (Å²) in [5.74, 6) is 3.89. The molecule has 0 spiro atoms. The highest BCUT2D eigenvalue weighted by Gasteiger charge is 2.35. The molecule has 1 heterocycles. The van der Waals surface area contributed by atoms with E-state index < -0.39 is 11.9 Å². The number of hydrogen-bond acceptors (Lipinski definition) is 2. The third-order valence-corrected chi connectivity index (χ3v) is 1.19. The third-order valence-electron chi connectivity index (χ3n) is 1.19. The lowest BCUT2D eigenvalue weighted by Crippen LogP contribution is -2.07. The first-order valence-electron chi connectivity index (χ1n) is 3.11. The van der Waals surface area contributed by atoms with E-state index in [1.807, 2.05) is 11.8 Å². The van der Waals surface area contributed by atoms with Crippen molar-refractivity contribution in [3.8, 4) is 11.8 Å². The van der Waals surface area contributed by atoms with Crippen molar-refractivity contribution in [3.05, 3.63) is 17.5 Å². The quantitative estimate of drug-likeness (QED) is 0.487. The number of aromatic nitrogens is 2. The molecule has 68 valence electrons. The Morgan fingerprint density at radius 3 is 2.77 bits per heavy atom. The first kappa shape index (κ1) is 9.32. The number of rotatable bonds is 0. The van der Waals surface area contributed by atoms with Crippen LogP contribution in [0.15, 0.2) is 6.20 Å². The molecule has 0 aliphatic carbocycles. The summed E-state index contributed by atoms with van der Waals surface area (Å²) in [4.78, 5) is 9.78. The number of carbonyl (C=O) groups excluding carboxylic acids is 1. The Balaban J connectivity index is 3.10. The zero-order valence-corrected chi connectivity index (χ0v) is 6.14. The van der Waals surface area contributed by atoms with Crippen molar-refractivity contribution in [1.82, 2.24) is 10.2 Å². The van der Waals surface area contributed by atoms with Crippen LogP contribution >= 0.6 is 0 Å². The molecule has 1 N–H and O–H groups in total. The average molecular weight is 188 g/mol. The van der Waals surface area contributed by atoms with E-state index in [0.717, 1.165) is 6.20 Å². The van der Waals surface area contributed by atoms with Gasteiger partial charge in [0, 0.05) is 0 Å². The number of nitrogens with zero attached hydrogens (tertiary/aromatic N) is 1. The zero-order chi connectivity index (χ0) is 9.90. The molecule has 6 heteroatoms. The van der Waals surface area contributed by atoms with E-state index in [-0.39, 0.29) is 11.8 Å². The second-order valence-electron chi connectivity index (χ2n) is 2.04. The Labute approximate surface area is 70.9 Å². The molecule has 0 radical (unpaired) electrons. The van der Waals surface area contributed by atoms with Crippen LogP contribution in [0.25, 0.3) is 0 Å². The lowest BCUT2D eigenvalue weighted by Gasteiger charge is -2.01. The molecule has 0 unspecified atom stereocenters. The van der Waals surface area contributed by atoms with Crippen LogP contribution in [0.1, 0.15) is 11.3 Å². The monoisotopic (exact) mass is 188 g/mol. The minimum absolute atomic E-state index is 0.215. The van der Waals surface area contributed by atoms with Crippen LogP contribution in [0.3, 0.4) is 0 Å². The summed E-state index contributed by atoms with van der Waals surface area (Å²) in [5.41, 5.74) is -1.37. The second kappa shape index (κ2) is 3.31. The van der Waals surface area contributed by atoms with Gasteiger partial charge in [0.15, 0.2) is 12.0 Å². The van der Waals surface area contributed by atoms with E-state index in [1.54, 1.807) is 5.10 Å². The SMILES string of the molecule is O=CC#Cc1cn[nH]c1C(F)(F)F. The molecular formula is C7H3F3N2O. The predicted octanol–water partition coefficient (Wildman–Crippen LogP) is 0.979. The standard InChI is InChI=1S/C7H3F3N2O/c8-7(9,10)6-5(2-1-3-13)4-11-12-6/h3-4H,(H,11,12). The fraction of sp³-hybridized carbons (Fsp3) is 0.143. The highest BCUT2D eigenvalue weighted by Crippen LogP contribution is 2.29. The molecule has 0 aromatic carbocycles. The molecule has 1 rings (SSSR count). The molecule has 0 fully saturated rings. The van der Waals surface area contributed by atoms with Gasteiger partial charge in [-0.05, 0) is 5.92 Å². The number of hydrogen-bond donors (Lipinski definition) is 1. The molecule has 0 saturated heterocycles. The van der Waals surface area contributed by atoms with Gasteiger partial charge in [-0.15, -0.1) is 0 Å². The lowest BCUT2D eigenvalue weighted by atomic mass is 10.2. The number of halogens is 3. The van der Waals surface area contributed by atoms with E-state index in [9.17, 15) is 18.0 Å². The van der Waals surface area contributed by atoms with Gasteiger partial charge in [0.25, 0.3) is 0 Å². The number of aldehydes is 1. The Hall–Kier alpha value is -1.77. The van der Waals surface area contributed by atoms with Gasteiger partial charge in [-0.2, -0.15) is 18.3 Å². The topological polar surface area (TPSA) is 45.8 Å². The van der Waals surface area contributed by atoms with Gasteiger partial charge in [0.05, 0.1) is 11.8 Å². The molecule has 13 heavy (non-hydrogen) atoms. The van der Waals surface area contributed by atoms with E-state index in [1.165, 1.54) is 0 Å². The Kier molecular flexibility index (Phi) is 2.37. The lowest BCUT2D eigenvalue weighted by molar-refractivity contribution is -0.141. The van der Waals surface area contributed by atoms with Gasteiger partial charge in [0.2, 0.25) is 0 Å². The zero-order valence-electron chi connectivity index (χ0n) is 6.14. The van der Waals surface area contributed by atoms with Crippen LogP contribution in [0.2, 0.25) is 0 Å². The summed E-state index contributed by atoms with van der Waals surface area (Å²) < 4.78 is 36.2. The number of nitrogens with one attached hydrogen (secondary N) is 1. The first-order chi connectivity index (χ1) is 6.05. The minimum atomic E-state index is -4.52. The van der Waals surface area contributed by atoms with Crippen molar-refractivity contribution in [2.75, 3.05) is 0 Å². The maximum atomic E-state index is 12.1. The Morgan fingerprint density at radius 2 is 2.23 bits per heavy atom. The van der Waals surface area contributed by atoms with Crippen molar-refractivity contribution in [2.45, 2.75) is 6.18 Å². The van der Waals surface area contributed by atoms with Crippen LogP contribution in [-0.2, 0) is 11.0 Å². The summed E-state index contributed by atoms with van der Waals surface area (Å²) in [6.45, 7) is 0. The molecule has 0 aliphatic heterocycles. The van der Waals surface area contributed by atoms with Gasteiger partial charge in [-0.25, -0.2) is 0 Å². The number of H-pyrrole nitrogens is 1. The van der Waals surface area contributed by atoms with E-state index in [4.69, 9.17) is 0 Å². The van der Waals surface area contributed by atoms with E-state index >= 15 is 0 Å². The third kappa shape index (κ3) is 2.08. The van der Waals surface area contributed by atoms with Crippen LogP contribution in [0.5, 0.6) is 0 Å². The average Bonchev–Trinajstić information content (AvgIpc) is 2.47. The summed E-state index contributed by atoms with van der Waals surface area (Å²) in [7, 11) is 0. The molecule has 1 aromatic heterocycles. The van der Waals surface area contributed by atoms with Gasteiger partial charge >= 0.3 is 6.18 Å². The van der Waals surface area contributed by atoms with Crippen LogP contribution in [0, 0.1) is 11.8 Å². The molecule has 0 atom stereocenters. The van der Waals surface area contributed by atoms with E-state index in [2.05, 4.69) is 5.10 Å². The van der Waals surface area contributed by atoms with E-state index in [0.29, 0.717) is 0 Å². The van der Waals surface area contributed by atoms with Crippen molar-refractivity contribution in [1.29, 1.82) is 0 Å². The number of carbonyl (C=O) groups is 1. The molecule has 0 amide bonds. The molecule has 3 nitrogen and oxygen atoms in total. The summed E-state index contributed by atoms with van der Waals surface area (Å²) >= 11 is 0. The highest BCUT2D eigenvalue weighted by atomic mass is 19.4. The molecule has 1 aromatic rings. The van der Waals surface area contributed by atoms with Crippen LogP contribution < -0.4 is 0 Å². The van der Waals surface area contributed by atoms with Crippen LogP contribution in [0.4, 0.5) is 13.2 Å². The smallest absolute Gasteiger partial charge is 0.289 e. The molecule has 0 saturated carbocycles. The van der Waals surface area contributed by atoms with Crippen molar-refractivity contribution in [2.24, 2.45) is 0 Å². The Morgan fingerprint density at radius 1 is 1.54 bits per heavy atom. The maximum absolute atomic E-state index is 12.1. The number of aromatic amines is 1.